The van der Waals surface area contributed by atoms with Crippen LogP contribution < -0.4 is 10.1 Å². The zero-order valence-corrected chi connectivity index (χ0v) is 16.9. The lowest BCUT2D eigenvalue weighted by atomic mass is 10.0. The number of aromatic hydroxyl groups is 1. The number of rotatable bonds is 9. The van der Waals surface area contributed by atoms with Crippen molar-refractivity contribution in [3.63, 3.8) is 0 Å². The molecule has 0 aliphatic rings. The number of carbonyl (C=O) groups is 1. The molecule has 0 bridgehead atoms. The Hall–Kier alpha value is -2.28. The maximum Gasteiger partial charge on any atom is 0.347 e. The van der Waals surface area contributed by atoms with Crippen molar-refractivity contribution in [1.29, 1.82) is 0 Å². The largest absolute Gasteiger partial charge is 0.508 e. The lowest BCUT2D eigenvalue weighted by Crippen LogP contribution is -2.37. The normalized spacial score (nSPS) is 13.8. The Labute approximate surface area is 169 Å². The van der Waals surface area contributed by atoms with Crippen LogP contribution in [0.3, 0.4) is 0 Å². The fourth-order valence-corrected chi connectivity index (χ4v) is 2.90. The highest BCUT2D eigenvalue weighted by atomic mass is 35.5. The molecule has 0 aliphatic carbocycles. The first kappa shape index (κ1) is 22.0. The average molecular weight is 408 g/mol. The number of aliphatic carboxylic acids is 1. The van der Waals surface area contributed by atoms with Gasteiger partial charge in [0.1, 0.15) is 11.5 Å². The van der Waals surface area contributed by atoms with Crippen LogP contribution in [0.5, 0.6) is 11.5 Å². The van der Waals surface area contributed by atoms with Gasteiger partial charge in [-0.3, -0.25) is 0 Å². The number of benzene rings is 2. The molecular weight excluding hydrogens is 382 g/mol. The zero-order chi connectivity index (χ0) is 20.9. The summed E-state index contributed by atoms with van der Waals surface area (Å²) in [7, 11) is 0. The third-order valence-electron chi connectivity index (χ3n) is 4.48. The molecule has 2 aromatic carbocycles. The minimum atomic E-state index is -1.34. The van der Waals surface area contributed by atoms with Crippen LogP contribution in [0.1, 0.15) is 38.0 Å². The molecule has 152 valence electrons. The van der Waals surface area contributed by atoms with Crippen molar-refractivity contribution in [2.45, 2.75) is 44.9 Å². The summed E-state index contributed by atoms with van der Waals surface area (Å²) in [6, 6.07) is 11.4. The molecule has 0 aromatic heterocycles. The monoisotopic (exact) mass is 407 g/mol. The van der Waals surface area contributed by atoms with E-state index < -0.39 is 17.7 Å². The summed E-state index contributed by atoms with van der Waals surface area (Å²) in [6.07, 6.45) is -0.0706. The number of aliphatic hydroxyl groups excluding tert-OH is 1. The number of carboxylic acid groups (broad SMARTS) is 1. The fraction of sp³-hybridized carbons (Fsp3) is 0.381. The molecule has 0 amide bonds. The Bertz CT molecular complexity index is 807. The van der Waals surface area contributed by atoms with E-state index in [2.05, 4.69) is 5.32 Å². The van der Waals surface area contributed by atoms with Crippen molar-refractivity contribution < 1.29 is 24.9 Å². The van der Waals surface area contributed by atoms with Gasteiger partial charge in [-0.25, -0.2) is 4.79 Å². The van der Waals surface area contributed by atoms with Gasteiger partial charge in [0.05, 0.1) is 6.10 Å². The van der Waals surface area contributed by atoms with Crippen molar-refractivity contribution in [1.82, 2.24) is 5.32 Å². The Balaban J connectivity index is 1.90. The SMILES string of the molecule is C[C@H](NCCc1ccc(OC(C)(C)C(=O)O)cc1Cl)[C@@H](O)c1ccc(O)cc1. The summed E-state index contributed by atoms with van der Waals surface area (Å²) in [5.41, 5.74) is 0.269. The molecule has 28 heavy (non-hydrogen) atoms. The molecule has 7 heteroatoms. The van der Waals surface area contributed by atoms with Crippen LogP contribution in [0.25, 0.3) is 0 Å². The van der Waals surface area contributed by atoms with Crippen molar-refractivity contribution in [3.8, 4) is 11.5 Å². The predicted molar refractivity (Wildman–Crippen MR) is 108 cm³/mol. The first-order chi connectivity index (χ1) is 13.1. The minimum absolute atomic E-state index is 0.158. The topological polar surface area (TPSA) is 99.0 Å². The van der Waals surface area contributed by atoms with E-state index in [1.54, 1.807) is 42.5 Å². The number of aliphatic hydroxyl groups is 1. The van der Waals surface area contributed by atoms with E-state index in [1.807, 2.05) is 6.92 Å². The summed E-state index contributed by atoms with van der Waals surface area (Å²) >= 11 is 6.30. The van der Waals surface area contributed by atoms with Crippen LogP contribution in [0.15, 0.2) is 42.5 Å². The molecule has 0 saturated carbocycles. The number of phenols is 1. The van der Waals surface area contributed by atoms with Gasteiger partial charge in [0, 0.05) is 11.1 Å². The van der Waals surface area contributed by atoms with E-state index in [1.165, 1.54) is 13.8 Å². The van der Waals surface area contributed by atoms with Crippen LogP contribution >= 0.6 is 11.6 Å². The highest BCUT2D eigenvalue weighted by Crippen LogP contribution is 2.26. The third kappa shape index (κ3) is 5.86. The van der Waals surface area contributed by atoms with E-state index >= 15 is 0 Å². The quantitative estimate of drug-likeness (QED) is 0.507. The van der Waals surface area contributed by atoms with Gasteiger partial charge in [0.15, 0.2) is 5.60 Å². The number of halogens is 1. The summed E-state index contributed by atoms with van der Waals surface area (Å²) in [5.74, 6) is -0.506. The number of hydrogen-bond acceptors (Lipinski definition) is 5. The Morgan fingerprint density at radius 3 is 2.43 bits per heavy atom. The average Bonchev–Trinajstić information content (AvgIpc) is 2.63. The van der Waals surface area contributed by atoms with Crippen LogP contribution in [0.4, 0.5) is 0 Å². The Kier molecular flexibility index (Phi) is 7.29. The summed E-state index contributed by atoms with van der Waals surface area (Å²) in [5, 5.41) is 32.6. The highest BCUT2D eigenvalue weighted by Gasteiger charge is 2.29. The number of ether oxygens (including phenoxy) is 1. The fourth-order valence-electron chi connectivity index (χ4n) is 2.64. The van der Waals surface area contributed by atoms with Gasteiger partial charge >= 0.3 is 5.97 Å². The molecule has 0 spiro atoms. The predicted octanol–water partition coefficient (Wildman–Crippen LogP) is 3.54. The molecular formula is C21H26ClNO5. The van der Waals surface area contributed by atoms with Gasteiger partial charge in [-0.1, -0.05) is 29.8 Å². The summed E-state index contributed by atoms with van der Waals surface area (Å²) in [6.45, 7) is 5.42. The molecule has 6 nitrogen and oxygen atoms in total. The van der Waals surface area contributed by atoms with Crippen LogP contribution in [0.2, 0.25) is 5.02 Å². The maximum atomic E-state index is 11.2. The van der Waals surface area contributed by atoms with E-state index in [-0.39, 0.29) is 11.8 Å². The second-order valence-electron chi connectivity index (χ2n) is 7.20. The van der Waals surface area contributed by atoms with E-state index in [4.69, 9.17) is 21.4 Å². The molecule has 0 heterocycles. The summed E-state index contributed by atoms with van der Waals surface area (Å²) < 4.78 is 5.48. The van der Waals surface area contributed by atoms with Crippen LogP contribution in [-0.4, -0.2) is 39.5 Å². The standard InChI is InChI=1S/C21H26ClNO5/c1-13(19(25)15-4-7-16(24)8-5-15)23-11-10-14-6-9-17(12-18(14)22)28-21(2,3)20(26)27/h4-9,12-13,19,23-25H,10-11H2,1-3H3,(H,26,27)/t13-,19+/m0/s1. The second-order valence-corrected chi connectivity index (χ2v) is 7.61. The van der Waals surface area contributed by atoms with Crippen molar-refractivity contribution in [3.05, 3.63) is 58.6 Å². The van der Waals surface area contributed by atoms with Gasteiger partial charge < -0.3 is 25.4 Å². The highest BCUT2D eigenvalue weighted by molar-refractivity contribution is 6.31. The number of nitrogens with one attached hydrogen (secondary N) is 1. The van der Waals surface area contributed by atoms with E-state index in [0.717, 1.165) is 11.1 Å². The Morgan fingerprint density at radius 2 is 1.86 bits per heavy atom. The molecule has 0 unspecified atom stereocenters. The number of phenolic OH excluding ortho intramolecular Hbond substituents is 1. The van der Waals surface area contributed by atoms with Gasteiger partial charge in [-0.05, 0) is 69.1 Å². The van der Waals surface area contributed by atoms with E-state index in [9.17, 15) is 15.0 Å². The maximum absolute atomic E-state index is 11.2. The second kappa shape index (κ2) is 9.28. The molecule has 2 aromatic rings. The van der Waals surface area contributed by atoms with E-state index in [0.29, 0.717) is 23.7 Å². The van der Waals surface area contributed by atoms with Gasteiger partial charge in [-0.2, -0.15) is 0 Å². The lowest BCUT2D eigenvalue weighted by molar-refractivity contribution is -0.152. The number of hydrogen-bond donors (Lipinski definition) is 4. The van der Waals surface area contributed by atoms with Gasteiger partial charge in [-0.15, -0.1) is 0 Å². The van der Waals surface area contributed by atoms with Crippen LogP contribution in [0, 0.1) is 0 Å². The lowest BCUT2D eigenvalue weighted by Gasteiger charge is -2.22. The molecule has 2 atom stereocenters. The van der Waals surface area contributed by atoms with Crippen molar-refractivity contribution in [2.75, 3.05) is 6.54 Å². The molecule has 0 radical (unpaired) electrons. The first-order valence-electron chi connectivity index (χ1n) is 9.01. The molecule has 0 aliphatic heterocycles. The molecule has 2 rings (SSSR count). The first-order valence-corrected chi connectivity index (χ1v) is 9.39. The molecule has 4 N–H and O–H groups in total. The van der Waals surface area contributed by atoms with Crippen molar-refractivity contribution >= 4 is 17.6 Å². The van der Waals surface area contributed by atoms with Gasteiger partial charge in [0.2, 0.25) is 0 Å². The van der Waals surface area contributed by atoms with Crippen molar-refractivity contribution in [2.24, 2.45) is 0 Å². The molecule has 0 saturated heterocycles. The van der Waals surface area contributed by atoms with Gasteiger partial charge in [0.25, 0.3) is 0 Å². The van der Waals surface area contributed by atoms with Crippen LogP contribution in [-0.2, 0) is 11.2 Å². The molecule has 0 fully saturated rings. The number of carboxylic acids is 1. The third-order valence-corrected chi connectivity index (χ3v) is 4.83. The zero-order valence-electron chi connectivity index (χ0n) is 16.1. The minimum Gasteiger partial charge on any atom is -0.508 e. The Morgan fingerprint density at radius 1 is 1.21 bits per heavy atom. The smallest absolute Gasteiger partial charge is 0.347 e. The summed E-state index contributed by atoms with van der Waals surface area (Å²) in [4.78, 5) is 11.2.